The van der Waals surface area contributed by atoms with Gasteiger partial charge in [0.15, 0.2) is 9.84 Å². The molecule has 0 radical (unpaired) electrons. The Balaban J connectivity index is 2.23. The van der Waals surface area contributed by atoms with Crippen molar-refractivity contribution < 1.29 is 21.2 Å². The first-order chi connectivity index (χ1) is 12.2. The van der Waals surface area contributed by atoms with E-state index in [1.165, 1.54) is 16.4 Å². The van der Waals surface area contributed by atoms with Crippen molar-refractivity contribution in [3.63, 3.8) is 0 Å². The van der Waals surface area contributed by atoms with E-state index in [-0.39, 0.29) is 22.9 Å². The van der Waals surface area contributed by atoms with Gasteiger partial charge in [0.05, 0.1) is 16.4 Å². The van der Waals surface area contributed by atoms with E-state index < -0.39 is 31.7 Å². The zero-order chi connectivity index (χ0) is 19.4. The number of benzene rings is 1. The third-order valence-electron chi connectivity index (χ3n) is 4.78. The van der Waals surface area contributed by atoms with Gasteiger partial charge in [0, 0.05) is 12.6 Å². The molecule has 1 atom stereocenters. The fourth-order valence-electron chi connectivity index (χ4n) is 3.23. The van der Waals surface area contributed by atoms with Crippen LogP contribution >= 0.6 is 0 Å². The van der Waals surface area contributed by atoms with Gasteiger partial charge in [-0.1, -0.05) is 13.8 Å². The van der Waals surface area contributed by atoms with E-state index in [1.54, 1.807) is 0 Å². The predicted octanol–water partition coefficient (Wildman–Crippen LogP) is 1.74. The zero-order valence-corrected chi connectivity index (χ0v) is 16.9. The smallest absolute Gasteiger partial charge is 0.243 e. The van der Waals surface area contributed by atoms with Gasteiger partial charge >= 0.3 is 0 Å². The molecular weight excluding hydrogens is 379 g/mol. The first-order valence-electron chi connectivity index (χ1n) is 8.89. The van der Waals surface area contributed by atoms with Crippen molar-refractivity contribution >= 4 is 19.9 Å². The van der Waals surface area contributed by atoms with E-state index in [0.29, 0.717) is 12.8 Å². The van der Waals surface area contributed by atoms with Gasteiger partial charge in [-0.2, -0.15) is 4.31 Å². The molecule has 0 unspecified atom stereocenters. The van der Waals surface area contributed by atoms with Crippen molar-refractivity contribution in [2.75, 3.05) is 37.7 Å². The van der Waals surface area contributed by atoms with Crippen LogP contribution in [0.15, 0.2) is 29.2 Å². The molecule has 0 saturated carbocycles. The second kappa shape index (κ2) is 8.77. The molecule has 148 valence electrons. The molecule has 9 heteroatoms. The molecule has 1 aliphatic heterocycles. The van der Waals surface area contributed by atoms with Gasteiger partial charge in [0.1, 0.15) is 5.82 Å². The summed E-state index contributed by atoms with van der Waals surface area (Å²) < 4.78 is 64.3. The minimum atomic E-state index is -3.88. The highest BCUT2D eigenvalue weighted by Crippen LogP contribution is 2.25. The van der Waals surface area contributed by atoms with Crippen LogP contribution in [-0.4, -0.2) is 69.8 Å². The number of halogens is 1. The number of hydrogen-bond acceptors (Lipinski definition) is 5. The maximum Gasteiger partial charge on any atom is 0.243 e. The normalized spacial score (nSPS) is 20.1. The fourth-order valence-corrected chi connectivity index (χ4v) is 6.75. The summed E-state index contributed by atoms with van der Waals surface area (Å²) in [7, 11) is -7.10. The molecule has 1 aromatic rings. The number of rotatable bonds is 9. The van der Waals surface area contributed by atoms with E-state index in [0.717, 1.165) is 31.8 Å². The van der Waals surface area contributed by atoms with Crippen molar-refractivity contribution in [2.45, 2.75) is 37.6 Å². The van der Waals surface area contributed by atoms with Crippen molar-refractivity contribution in [3.05, 3.63) is 30.1 Å². The lowest BCUT2D eigenvalue weighted by atomic mass is 10.2. The van der Waals surface area contributed by atoms with Gasteiger partial charge in [-0.15, -0.1) is 0 Å². The number of nitrogens with zero attached hydrogens (tertiary/aromatic N) is 2. The van der Waals surface area contributed by atoms with Crippen molar-refractivity contribution in [1.82, 2.24) is 9.21 Å². The van der Waals surface area contributed by atoms with E-state index in [9.17, 15) is 21.2 Å². The average Bonchev–Trinajstić information content (AvgIpc) is 2.94. The highest BCUT2D eigenvalue weighted by Gasteiger charge is 2.38. The summed E-state index contributed by atoms with van der Waals surface area (Å²) in [6.45, 7) is 6.82. The first kappa shape index (κ1) is 21.3. The molecule has 0 spiro atoms. The molecule has 1 fully saturated rings. The average molecular weight is 407 g/mol. The van der Waals surface area contributed by atoms with Crippen LogP contribution in [0.2, 0.25) is 0 Å². The van der Waals surface area contributed by atoms with Crippen LogP contribution in [0.4, 0.5) is 4.39 Å². The minimum absolute atomic E-state index is 0.00312. The SMILES string of the molecule is CCN(CC)CCCN([C@H]1CCS(=O)(=O)C1)S(=O)(=O)c1ccc(F)cc1. The minimum Gasteiger partial charge on any atom is -0.304 e. The molecule has 0 amide bonds. The summed E-state index contributed by atoms with van der Waals surface area (Å²) in [5, 5.41) is 0. The van der Waals surface area contributed by atoms with Gasteiger partial charge < -0.3 is 4.90 Å². The maximum atomic E-state index is 13.2. The quantitative estimate of drug-likeness (QED) is 0.624. The van der Waals surface area contributed by atoms with Gasteiger partial charge in [0.2, 0.25) is 10.0 Å². The molecule has 0 aromatic heterocycles. The van der Waals surface area contributed by atoms with Gasteiger partial charge in [-0.25, -0.2) is 21.2 Å². The Bertz CT molecular complexity index is 791. The summed E-state index contributed by atoms with van der Waals surface area (Å²) in [6, 6.07) is 4.10. The van der Waals surface area contributed by atoms with Crippen LogP contribution in [-0.2, 0) is 19.9 Å². The summed E-state index contributed by atoms with van der Waals surface area (Å²) in [4.78, 5) is 2.18. The van der Waals surface area contributed by atoms with E-state index in [4.69, 9.17) is 0 Å². The molecule has 6 nitrogen and oxygen atoms in total. The highest BCUT2D eigenvalue weighted by atomic mass is 32.2. The molecule has 1 aliphatic rings. The van der Waals surface area contributed by atoms with Gasteiger partial charge in [0.25, 0.3) is 0 Å². The molecule has 1 saturated heterocycles. The lowest BCUT2D eigenvalue weighted by Gasteiger charge is -2.28. The summed E-state index contributed by atoms with van der Waals surface area (Å²) in [5.74, 6) is -0.664. The number of hydrogen-bond donors (Lipinski definition) is 0. The third-order valence-corrected chi connectivity index (χ3v) is 8.50. The third kappa shape index (κ3) is 5.25. The molecule has 0 aliphatic carbocycles. The lowest BCUT2D eigenvalue weighted by molar-refractivity contribution is 0.269. The van der Waals surface area contributed by atoms with Crippen molar-refractivity contribution in [2.24, 2.45) is 0 Å². The maximum absolute atomic E-state index is 13.2. The first-order valence-corrected chi connectivity index (χ1v) is 12.2. The van der Waals surface area contributed by atoms with Crippen LogP contribution in [0.5, 0.6) is 0 Å². The fraction of sp³-hybridized carbons (Fsp3) is 0.647. The van der Waals surface area contributed by atoms with Crippen LogP contribution < -0.4 is 0 Å². The molecule has 26 heavy (non-hydrogen) atoms. The van der Waals surface area contributed by atoms with E-state index >= 15 is 0 Å². The van der Waals surface area contributed by atoms with Crippen LogP contribution in [0.3, 0.4) is 0 Å². The molecule has 2 rings (SSSR count). The Morgan fingerprint density at radius 2 is 1.73 bits per heavy atom. The molecule has 1 aromatic carbocycles. The van der Waals surface area contributed by atoms with Crippen molar-refractivity contribution in [3.8, 4) is 0 Å². The van der Waals surface area contributed by atoms with Crippen LogP contribution in [0, 0.1) is 5.82 Å². The monoisotopic (exact) mass is 406 g/mol. The second-order valence-electron chi connectivity index (χ2n) is 6.51. The number of sulfonamides is 1. The van der Waals surface area contributed by atoms with Crippen LogP contribution in [0.25, 0.3) is 0 Å². The van der Waals surface area contributed by atoms with E-state index in [2.05, 4.69) is 4.90 Å². The largest absolute Gasteiger partial charge is 0.304 e. The number of sulfone groups is 1. The van der Waals surface area contributed by atoms with Gasteiger partial charge in [-0.3, -0.25) is 0 Å². The Hall–Kier alpha value is -1.03. The molecule has 0 N–H and O–H groups in total. The zero-order valence-electron chi connectivity index (χ0n) is 15.3. The summed E-state index contributed by atoms with van der Waals surface area (Å²) in [6.07, 6.45) is 0.909. The van der Waals surface area contributed by atoms with Crippen molar-refractivity contribution in [1.29, 1.82) is 0 Å². The molecular formula is C17H27FN2O4S2. The Morgan fingerprint density at radius 3 is 2.23 bits per heavy atom. The summed E-state index contributed by atoms with van der Waals surface area (Å²) >= 11 is 0. The highest BCUT2D eigenvalue weighted by molar-refractivity contribution is 7.92. The Kier molecular flexibility index (Phi) is 7.18. The molecule has 0 bridgehead atoms. The lowest BCUT2D eigenvalue weighted by Crippen LogP contribution is -2.42. The Labute approximate surface area is 156 Å². The predicted molar refractivity (Wildman–Crippen MR) is 99.8 cm³/mol. The second-order valence-corrected chi connectivity index (χ2v) is 10.6. The summed E-state index contributed by atoms with van der Waals surface area (Å²) in [5.41, 5.74) is 0. The van der Waals surface area contributed by atoms with Gasteiger partial charge in [-0.05, 0) is 56.7 Å². The standard InChI is InChI=1S/C17H27FN2O4S2/c1-3-19(4-2)11-5-12-20(16-10-13-25(21,22)14-16)26(23,24)17-8-6-15(18)7-9-17/h6-9,16H,3-5,10-14H2,1-2H3/t16-/m0/s1. The van der Waals surface area contributed by atoms with E-state index in [1.807, 2.05) is 13.8 Å². The Morgan fingerprint density at radius 1 is 1.12 bits per heavy atom. The topological polar surface area (TPSA) is 74.8 Å². The molecule has 1 heterocycles. The van der Waals surface area contributed by atoms with Crippen LogP contribution in [0.1, 0.15) is 26.7 Å².